The third kappa shape index (κ3) is 2.59. The van der Waals surface area contributed by atoms with Crippen LogP contribution in [0.5, 0.6) is 5.75 Å². The Kier molecular flexibility index (Phi) is 3.55. The number of rotatable bonds is 4. The summed E-state index contributed by atoms with van der Waals surface area (Å²) < 4.78 is 10.6. The van der Waals surface area contributed by atoms with Gasteiger partial charge in [-0.1, -0.05) is 5.16 Å². The molecule has 5 heteroatoms. The minimum absolute atomic E-state index is 0.0964. The number of aryl methyl sites for hydroxylation is 2. The lowest BCUT2D eigenvalue weighted by molar-refractivity contribution is 0.0686. The summed E-state index contributed by atoms with van der Waals surface area (Å²) in [7, 11) is 0. The first-order chi connectivity index (χ1) is 9.02. The maximum atomic E-state index is 10.8. The highest BCUT2D eigenvalue weighted by Crippen LogP contribution is 2.30. The first kappa shape index (κ1) is 13.1. The van der Waals surface area contributed by atoms with Gasteiger partial charge in [-0.3, -0.25) is 0 Å². The van der Waals surface area contributed by atoms with Crippen molar-refractivity contribution in [2.24, 2.45) is 0 Å². The Morgan fingerprint density at radius 3 is 2.63 bits per heavy atom. The van der Waals surface area contributed by atoms with Crippen molar-refractivity contribution in [2.45, 2.75) is 20.8 Å². The molecule has 0 amide bonds. The minimum atomic E-state index is -1.10. The van der Waals surface area contributed by atoms with Crippen LogP contribution in [0.15, 0.2) is 22.7 Å². The van der Waals surface area contributed by atoms with E-state index in [-0.39, 0.29) is 5.69 Å². The largest absolute Gasteiger partial charge is 0.494 e. The Labute approximate surface area is 110 Å². The minimum Gasteiger partial charge on any atom is -0.494 e. The second-order valence-corrected chi connectivity index (χ2v) is 4.25. The Bertz CT molecular complexity index is 616. The summed E-state index contributed by atoms with van der Waals surface area (Å²) in [4.78, 5) is 10.8. The van der Waals surface area contributed by atoms with Crippen LogP contribution in [-0.4, -0.2) is 22.8 Å². The van der Waals surface area contributed by atoms with Crippen LogP contribution in [0.2, 0.25) is 0 Å². The number of carboxylic acid groups (broad SMARTS) is 1. The van der Waals surface area contributed by atoms with Gasteiger partial charge in [0.2, 0.25) is 0 Å². The summed E-state index contributed by atoms with van der Waals surface area (Å²) in [6, 6.07) is 5.24. The van der Waals surface area contributed by atoms with E-state index in [4.69, 9.17) is 14.4 Å². The van der Waals surface area contributed by atoms with E-state index < -0.39 is 5.97 Å². The van der Waals surface area contributed by atoms with Crippen LogP contribution in [0.25, 0.3) is 11.3 Å². The lowest BCUT2D eigenvalue weighted by Crippen LogP contribution is -1.96. The summed E-state index contributed by atoms with van der Waals surface area (Å²) >= 11 is 0. The van der Waals surface area contributed by atoms with Gasteiger partial charge in [-0.25, -0.2) is 4.79 Å². The maximum absolute atomic E-state index is 10.8. The average Bonchev–Trinajstić information content (AvgIpc) is 2.83. The number of aromatic carboxylic acids is 1. The van der Waals surface area contributed by atoms with E-state index in [0.717, 1.165) is 22.4 Å². The van der Waals surface area contributed by atoms with Crippen molar-refractivity contribution in [3.63, 3.8) is 0 Å². The molecule has 0 radical (unpaired) electrons. The molecule has 0 saturated heterocycles. The van der Waals surface area contributed by atoms with Gasteiger partial charge in [0.1, 0.15) is 5.75 Å². The van der Waals surface area contributed by atoms with Crippen molar-refractivity contribution in [3.8, 4) is 17.1 Å². The molecular weight excluding hydrogens is 246 g/mol. The molecule has 1 heterocycles. The van der Waals surface area contributed by atoms with E-state index in [9.17, 15) is 4.79 Å². The van der Waals surface area contributed by atoms with Crippen LogP contribution in [0, 0.1) is 13.8 Å². The third-order valence-electron chi connectivity index (χ3n) is 2.82. The van der Waals surface area contributed by atoms with Gasteiger partial charge in [-0.05, 0) is 44.0 Å². The predicted octanol–water partition coefficient (Wildman–Crippen LogP) is 3.06. The molecule has 1 aromatic carbocycles. The Morgan fingerprint density at radius 2 is 2.05 bits per heavy atom. The van der Waals surface area contributed by atoms with Crippen molar-refractivity contribution in [3.05, 3.63) is 35.0 Å². The second-order valence-electron chi connectivity index (χ2n) is 4.25. The number of hydrogen-bond donors (Lipinski definition) is 1. The lowest BCUT2D eigenvalue weighted by atomic mass is 10.0. The van der Waals surface area contributed by atoms with Gasteiger partial charge in [-0.15, -0.1) is 0 Å². The van der Waals surface area contributed by atoms with Crippen molar-refractivity contribution in [1.29, 1.82) is 0 Å². The summed E-state index contributed by atoms with van der Waals surface area (Å²) in [6.07, 6.45) is 0. The van der Waals surface area contributed by atoms with Gasteiger partial charge in [0, 0.05) is 11.6 Å². The van der Waals surface area contributed by atoms with Crippen molar-refractivity contribution in [2.75, 3.05) is 6.61 Å². The average molecular weight is 261 g/mol. The Hall–Kier alpha value is -2.30. The smallest absolute Gasteiger partial charge is 0.358 e. The molecule has 0 spiro atoms. The van der Waals surface area contributed by atoms with Crippen LogP contribution < -0.4 is 4.74 Å². The van der Waals surface area contributed by atoms with E-state index >= 15 is 0 Å². The Balaban J connectivity index is 2.44. The fourth-order valence-corrected chi connectivity index (χ4v) is 1.87. The molecule has 0 atom stereocenters. The summed E-state index contributed by atoms with van der Waals surface area (Å²) in [5.74, 6) is 0.165. The fraction of sp³-hybridized carbons (Fsp3) is 0.286. The zero-order valence-corrected chi connectivity index (χ0v) is 11.1. The standard InChI is InChI=1S/C14H15NO4/c1-4-18-12-6-8(2)10(5-9(12)3)13-7-11(14(16)17)15-19-13/h5-7H,4H2,1-3H3,(H,16,17). The first-order valence-corrected chi connectivity index (χ1v) is 5.97. The molecule has 0 aliphatic heterocycles. The molecule has 0 fully saturated rings. The van der Waals surface area contributed by atoms with Gasteiger partial charge in [-0.2, -0.15) is 0 Å². The van der Waals surface area contributed by atoms with Crippen LogP contribution in [-0.2, 0) is 0 Å². The van der Waals surface area contributed by atoms with Crippen molar-refractivity contribution in [1.82, 2.24) is 5.16 Å². The van der Waals surface area contributed by atoms with Crippen LogP contribution in [0.3, 0.4) is 0 Å². The molecule has 19 heavy (non-hydrogen) atoms. The van der Waals surface area contributed by atoms with Gasteiger partial charge in [0.25, 0.3) is 0 Å². The fourth-order valence-electron chi connectivity index (χ4n) is 1.87. The molecule has 1 N–H and O–H groups in total. The first-order valence-electron chi connectivity index (χ1n) is 5.97. The molecule has 0 aliphatic carbocycles. The Morgan fingerprint density at radius 1 is 1.32 bits per heavy atom. The normalized spacial score (nSPS) is 10.5. The van der Waals surface area contributed by atoms with Gasteiger partial charge in [0.15, 0.2) is 11.5 Å². The molecule has 1 aromatic heterocycles. The number of nitrogens with zero attached hydrogens (tertiary/aromatic N) is 1. The highest BCUT2D eigenvalue weighted by molar-refractivity contribution is 5.86. The van der Waals surface area contributed by atoms with Crippen molar-refractivity contribution < 1.29 is 19.2 Å². The van der Waals surface area contributed by atoms with Crippen LogP contribution >= 0.6 is 0 Å². The predicted molar refractivity (Wildman–Crippen MR) is 69.5 cm³/mol. The quantitative estimate of drug-likeness (QED) is 0.915. The number of aromatic nitrogens is 1. The summed E-state index contributed by atoms with van der Waals surface area (Å²) in [5.41, 5.74) is 2.64. The molecular formula is C14H15NO4. The number of benzene rings is 1. The lowest BCUT2D eigenvalue weighted by Gasteiger charge is -2.10. The highest BCUT2D eigenvalue weighted by Gasteiger charge is 2.15. The molecule has 2 aromatic rings. The molecule has 0 aliphatic rings. The van der Waals surface area contributed by atoms with Crippen molar-refractivity contribution >= 4 is 5.97 Å². The molecule has 100 valence electrons. The SMILES string of the molecule is CCOc1cc(C)c(-c2cc(C(=O)O)no2)cc1C. The number of ether oxygens (including phenoxy) is 1. The number of carbonyl (C=O) groups is 1. The van der Waals surface area contributed by atoms with Gasteiger partial charge >= 0.3 is 5.97 Å². The molecule has 2 rings (SSSR count). The summed E-state index contributed by atoms with van der Waals surface area (Å²) in [5, 5.41) is 12.4. The van der Waals surface area contributed by atoms with E-state index in [0.29, 0.717) is 12.4 Å². The zero-order valence-electron chi connectivity index (χ0n) is 11.1. The molecule has 0 bridgehead atoms. The third-order valence-corrected chi connectivity index (χ3v) is 2.82. The number of carboxylic acids is 1. The monoisotopic (exact) mass is 261 g/mol. The number of hydrogen-bond acceptors (Lipinski definition) is 4. The van der Waals surface area contributed by atoms with Gasteiger partial charge < -0.3 is 14.4 Å². The highest BCUT2D eigenvalue weighted by atomic mass is 16.5. The second kappa shape index (κ2) is 5.14. The summed E-state index contributed by atoms with van der Waals surface area (Å²) in [6.45, 7) is 6.38. The zero-order chi connectivity index (χ0) is 14.0. The van der Waals surface area contributed by atoms with Gasteiger partial charge in [0.05, 0.1) is 6.61 Å². The maximum Gasteiger partial charge on any atom is 0.358 e. The van der Waals surface area contributed by atoms with E-state index in [1.165, 1.54) is 6.07 Å². The van der Waals surface area contributed by atoms with Crippen LogP contribution in [0.4, 0.5) is 0 Å². The van der Waals surface area contributed by atoms with E-state index in [2.05, 4.69) is 5.16 Å². The topological polar surface area (TPSA) is 72.6 Å². The van der Waals surface area contributed by atoms with Crippen LogP contribution in [0.1, 0.15) is 28.5 Å². The molecule has 0 saturated carbocycles. The van der Waals surface area contributed by atoms with E-state index in [1.54, 1.807) is 0 Å². The van der Waals surface area contributed by atoms with E-state index in [1.807, 2.05) is 32.9 Å². The molecule has 5 nitrogen and oxygen atoms in total. The molecule has 0 unspecified atom stereocenters.